The fourth-order valence-electron chi connectivity index (χ4n) is 3.66. The summed E-state index contributed by atoms with van der Waals surface area (Å²) in [5.41, 5.74) is 1.63. The number of nitrogens with zero attached hydrogens (tertiary/aromatic N) is 2. The van der Waals surface area contributed by atoms with Crippen molar-refractivity contribution in [3.63, 3.8) is 0 Å². The van der Waals surface area contributed by atoms with E-state index in [2.05, 4.69) is 10.3 Å². The third-order valence-electron chi connectivity index (χ3n) is 5.39. The number of halogens is 2. The van der Waals surface area contributed by atoms with Crippen molar-refractivity contribution in [3.8, 4) is 11.3 Å². The highest BCUT2D eigenvalue weighted by atomic mass is 35.5. The van der Waals surface area contributed by atoms with E-state index in [1.165, 1.54) is 35.6 Å². The molecule has 10 heteroatoms. The standard InChI is InChI=1S/C22H21Cl2N3O3S2/c1-14-4-2-3-11-27(14)32(29,30)17-8-5-15(6-9-17)21(28)26-22-25-20(13-31-22)18-12-16(23)7-10-19(18)24/h5-10,12-14H,2-4,11H2,1H3,(H,25,26,28). The monoisotopic (exact) mass is 509 g/mol. The number of carbonyl (C=O) groups is 1. The van der Waals surface area contributed by atoms with Gasteiger partial charge in [-0.25, -0.2) is 13.4 Å². The van der Waals surface area contributed by atoms with Crippen molar-refractivity contribution in [2.45, 2.75) is 37.1 Å². The zero-order chi connectivity index (χ0) is 22.9. The Balaban J connectivity index is 1.48. The van der Waals surface area contributed by atoms with Crippen LogP contribution in [0.15, 0.2) is 52.7 Å². The van der Waals surface area contributed by atoms with Gasteiger partial charge in [-0.15, -0.1) is 11.3 Å². The molecule has 1 saturated heterocycles. The molecule has 0 radical (unpaired) electrons. The summed E-state index contributed by atoms with van der Waals surface area (Å²) in [5.74, 6) is -0.377. The zero-order valence-electron chi connectivity index (χ0n) is 17.2. The van der Waals surface area contributed by atoms with Crippen molar-refractivity contribution in [2.75, 3.05) is 11.9 Å². The highest BCUT2D eigenvalue weighted by molar-refractivity contribution is 7.89. The molecule has 1 atom stereocenters. The molecule has 168 valence electrons. The van der Waals surface area contributed by atoms with Gasteiger partial charge in [-0.2, -0.15) is 4.31 Å². The van der Waals surface area contributed by atoms with E-state index in [-0.39, 0.29) is 16.8 Å². The van der Waals surface area contributed by atoms with Crippen LogP contribution in [0, 0.1) is 0 Å². The van der Waals surface area contributed by atoms with Crippen LogP contribution >= 0.6 is 34.5 Å². The Hall–Kier alpha value is -1.97. The van der Waals surface area contributed by atoms with E-state index in [1.54, 1.807) is 27.9 Å². The van der Waals surface area contributed by atoms with Gasteiger partial charge in [0, 0.05) is 34.1 Å². The van der Waals surface area contributed by atoms with Crippen LogP contribution in [0.25, 0.3) is 11.3 Å². The van der Waals surface area contributed by atoms with Gasteiger partial charge in [0.05, 0.1) is 15.6 Å². The Bertz CT molecular complexity index is 1240. The molecular weight excluding hydrogens is 489 g/mol. The summed E-state index contributed by atoms with van der Waals surface area (Å²) < 4.78 is 27.5. The number of thiazole rings is 1. The molecule has 0 spiro atoms. The van der Waals surface area contributed by atoms with Gasteiger partial charge in [0.15, 0.2) is 5.13 Å². The largest absolute Gasteiger partial charge is 0.298 e. The lowest BCUT2D eigenvalue weighted by Crippen LogP contribution is -2.41. The molecule has 1 aliphatic heterocycles. The molecule has 0 saturated carbocycles. The third-order valence-corrected chi connectivity index (χ3v) is 8.74. The summed E-state index contributed by atoms with van der Waals surface area (Å²) in [6, 6.07) is 11.1. The van der Waals surface area contributed by atoms with E-state index in [9.17, 15) is 13.2 Å². The predicted octanol–water partition coefficient (Wildman–Crippen LogP) is 5.93. The summed E-state index contributed by atoms with van der Waals surface area (Å²) in [6.45, 7) is 2.45. The quantitative estimate of drug-likeness (QED) is 0.461. The first-order valence-electron chi connectivity index (χ1n) is 10.1. The number of hydrogen-bond acceptors (Lipinski definition) is 5. The van der Waals surface area contributed by atoms with Gasteiger partial charge in [0.2, 0.25) is 10.0 Å². The molecule has 1 unspecified atom stereocenters. The first kappa shape index (κ1) is 23.2. The maximum atomic E-state index is 13.0. The minimum absolute atomic E-state index is 0.0242. The van der Waals surface area contributed by atoms with Gasteiger partial charge < -0.3 is 0 Å². The topological polar surface area (TPSA) is 79.4 Å². The predicted molar refractivity (Wildman–Crippen MR) is 129 cm³/mol. The molecule has 4 rings (SSSR count). The van der Waals surface area contributed by atoms with Crippen molar-refractivity contribution in [3.05, 3.63) is 63.5 Å². The fourth-order valence-corrected chi connectivity index (χ4v) is 6.45. The Morgan fingerprint density at radius 1 is 1.16 bits per heavy atom. The molecule has 3 aromatic rings. The number of piperidine rings is 1. The maximum Gasteiger partial charge on any atom is 0.257 e. The van der Waals surface area contributed by atoms with E-state index >= 15 is 0 Å². The number of anilines is 1. The van der Waals surface area contributed by atoms with Gasteiger partial charge in [0.25, 0.3) is 5.91 Å². The molecule has 2 heterocycles. The number of nitrogens with one attached hydrogen (secondary N) is 1. The third kappa shape index (κ3) is 4.84. The van der Waals surface area contributed by atoms with Crippen LogP contribution in [-0.2, 0) is 10.0 Å². The summed E-state index contributed by atoms with van der Waals surface area (Å²) in [5, 5.41) is 5.98. The number of hydrogen-bond donors (Lipinski definition) is 1. The normalized spacial score (nSPS) is 17.3. The number of sulfonamides is 1. The summed E-state index contributed by atoms with van der Waals surface area (Å²) in [4.78, 5) is 17.2. The molecular formula is C22H21Cl2N3O3S2. The second-order valence-corrected chi connectivity index (χ2v) is 11.2. The summed E-state index contributed by atoms with van der Waals surface area (Å²) in [6.07, 6.45) is 2.75. The first-order chi connectivity index (χ1) is 15.3. The fraction of sp³-hybridized carbons (Fsp3) is 0.273. The van der Waals surface area contributed by atoms with Crippen molar-refractivity contribution >= 4 is 55.6 Å². The summed E-state index contributed by atoms with van der Waals surface area (Å²) in [7, 11) is -3.58. The maximum absolute atomic E-state index is 13.0. The van der Waals surface area contributed by atoms with Gasteiger partial charge >= 0.3 is 0 Å². The Morgan fingerprint density at radius 2 is 1.91 bits per heavy atom. The van der Waals surface area contributed by atoms with Gasteiger partial charge in [-0.05, 0) is 62.2 Å². The molecule has 1 fully saturated rings. The average molecular weight is 510 g/mol. The number of amides is 1. The lowest BCUT2D eigenvalue weighted by molar-refractivity contribution is 0.102. The van der Waals surface area contributed by atoms with E-state index in [0.29, 0.717) is 38.5 Å². The molecule has 1 aliphatic rings. The lowest BCUT2D eigenvalue weighted by atomic mass is 10.1. The molecule has 1 amide bonds. The highest BCUT2D eigenvalue weighted by Crippen LogP contribution is 2.33. The van der Waals surface area contributed by atoms with Crippen molar-refractivity contribution in [1.82, 2.24) is 9.29 Å². The Morgan fingerprint density at radius 3 is 2.62 bits per heavy atom. The van der Waals surface area contributed by atoms with Crippen LogP contribution in [0.2, 0.25) is 10.0 Å². The van der Waals surface area contributed by atoms with Gasteiger partial charge in [-0.3, -0.25) is 10.1 Å². The zero-order valence-corrected chi connectivity index (χ0v) is 20.4. The number of benzene rings is 2. The first-order valence-corrected chi connectivity index (χ1v) is 13.2. The number of rotatable bonds is 5. The lowest BCUT2D eigenvalue weighted by Gasteiger charge is -2.32. The molecule has 1 aromatic heterocycles. The average Bonchev–Trinajstić information content (AvgIpc) is 3.24. The minimum atomic E-state index is -3.58. The van der Waals surface area contributed by atoms with E-state index in [0.717, 1.165) is 19.3 Å². The van der Waals surface area contributed by atoms with Crippen LogP contribution in [0.1, 0.15) is 36.5 Å². The molecule has 2 aromatic carbocycles. The van der Waals surface area contributed by atoms with Gasteiger partial charge in [0.1, 0.15) is 0 Å². The smallest absolute Gasteiger partial charge is 0.257 e. The van der Waals surface area contributed by atoms with Crippen LogP contribution in [-0.4, -0.2) is 36.2 Å². The molecule has 0 aliphatic carbocycles. The van der Waals surface area contributed by atoms with Crippen molar-refractivity contribution in [2.24, 2.45) is 0 Å². The minimum Gasteiger partial charge on any atom is -0.298 e. The van der Waals surface area contributed by atoms with Crippen LogP contribution in [0.3, 0.4) is 0 Å². The van der Waals surface area contributed by atoms with Gasteiger partial charge in [-0.1, -0.05) is 29.6 Å². The second-order valence-electron chi connectivity index (χ2n) is 7.60. The summed E-state index contributed by atoms with van der Waals surface area (Å²) >= 11 is 13.5. The molecule has 32 heavy (non-hydrogen) atoms. The number of aromatic nitrogens is 1. The Kier molecular flexibility index (Phi) is 6.88. The molecule has 0 bridgehead atoms. The van der Waals surface area contributed by atoms with E-state index in [1.807, 2.05) is 6.92 Å². The van der Waals surface area contributed by atoms with Crippen LogP contribution < -0.4 is 5.32 Å². The van der Waals surface area contributed by atoms with E-state index < -0.39 is 10.0 Å². The SMILES string of the molecule is CC1CCCCN1S(=O)(=O)c1ccc(C(=O)Nc2nc(-c3cc(Cl)ccc3Cl)cs2)cc1. The number of carbonyl (C=O) groups excluding carboxylic acids is 1. The van der Waals surface area contributed by atoms with Crippen LogP contribution in [0.4, 0.5) is 5.13 Å². The second kappa shape index (κ2) is 9.49. The highest BCUT2D eigenvalue weighted by Gasteiger charge is 2.31. The Labute approximate surface area is 201 Å². The molecule has 1 N–H and O–H groups in total. The van der Waals surface area contributed by atoms with Crippen LogP contribution in [0.5, 0.6) is 0 Å². The molecule has 6 nitrogen and oxygen atoms in total. The van der Waals surface area contributed by atoms with Crippen molar-refractivity contribution in [1.29, 1.82) is 0 Å². The van der Waals surface area contributed by atoms with E-state index in [4.69, 9.17) is 23.2 Å². The van der Waals surface area contributed by atoms with Crippen molar-refractivity contribution < 1.29 is 13.2 Å².